The summed E-state index contributed by atoms with van der Waals surface area (Å²) in [6.07, 6.45) is 3.51. The molecule has 4 aromatic rings. The zero-order chi connectivity index (χ0) is 22.4. The van der Waals surface area contributed by atoms with Gasteiger partial charge < -0.3 is 9.30 Å². The zero-order valence-corrected chi connectivity index (χ0v) is 18.1. The van der Waals surface area contributed by atoms with Gasteiger partial charge in [-0.25, -0.2) is 18.2 Å². The van der Waals surface area contributed by atoms with Gasteiger partial charge in [-0.15, -0.1) is 0 Å². The molecule has 3 aromatic carbocycles. The van der Waals surface area contributed by atoms with E-state index in [1.807, 2.05) is 41.1 Å². The summed E-state index contributed by atoms with van der Waals surface area (Å²) in [4.78, 5) is 17.1. The topological polar surface area (TPSA) is 78.3 Å². The third-order valence-electron chi connectivity index (χ3n) is 4.95. The standard InChI is InChI=1S/C25H22N2O4S/c28-25(31-18-24-26-14-15-27(24)17-20-8-3-1-4-9-20)22-11-7-10-21(16-22)19-32(29,30)23-12-5-2-6-13-23/h1-16H,17-19H2. The number of carbonyl (C=O) groups is 1. The Morgan fingerprint density at radius 2 is 1.56 bits per heavy atom. The van der Waals surface area contributed by atoms with Crippen LogP contribution in [0.25, 0.3) is 0 Å². The summed E-state index contributed by atoms with van der Waals surface area (Å²) < 4.78 is 32.6. The molecule has 0 aliphatic rings. The van der Waals surface area contributed by atoms with Gasteiger partial charge in [0.15, 0.2) is 9.84 Å². The predicted octanol–water partition coefficient (Wildman–Crippen LogP) is 4.26. The van der Waals surface area contributed by atoms with E-state index < -0.39 is 15.8 Å². The van der Waals surface area contributed by atoms with Gasteiger partial charge in [0.1, 0.15) is 12.4 Å². The van der Waals surface area contributed by atoms with Crippen molar-refractivity contribution in [3.8, 4) is 0 Å². The van der Waals surface area contributed by atoms with Crippen LogP contribution in [0.1, 0.15) is 27.3 Å². The Hall–Kier alpha value is -3.71. The van der Waals surface area contributed by atoms with E-state index >= 15 is 0 Å². The molecule has 1 heterocycles. The molecular weight excluding hydrogens is 424 g/mol. The Bertz CT molecular complexity index is 1300. The Morgan fingerprint density at radius 3 is 2.31 bits per heavy atom. The number of nitrogens with zero attached hydrogens (tertiary/aromatic N) is 2. The van der Waals surface area contributed by atoms with Crippen LogP contribution in [0.15, 0.2) is 102 Å². The fourth-order valence-electron chi connectivity index (χ4n) is 3.34. The summed E-state index contributed by atoms with van der Waals surface area (Å²) in [5, 5.41) is 0. The molecule has 0 saturated heterocycles. The summed E-state index contributed by atoms with van der Waals surface area (Å²) >= 11 is 0. The third kappa shape index (κ3) is 5.31. The highest BCUT2D eigenvalue weighted by molar-refractivity contribution is 7.90. The minimum Gasteiger partial charge on any atom is -0.454 e. The molecular formula is C25H22N2O4S. The SMILES string of the molecule is O=C(OCc1nccn1Cc1ccccc1)c1cccc(CS(=O)(=O)c2ccccc2)c1. The molecule has 0 unspecified atom stereocenters. The summed E-state index contributed by atoms with van der Waals surface area (Å²) in [7, 11) is -3.50. The first-order chi connectivity index (χ1) is 15.5. The van der Waals surface area contributed by atoms with Gasteiger partial charge in [0.05, 0.1) is 16.2 Å². The van der Waals surface area contributed by atoms with Gasteiger partial charge in [0, 0.05) is 18.9 Å². The van der Waals surface area contributed by atoms with Crippen LogP contribution >= 0.6 is 0 Å². The van der Waals surface area contributed by atoms with Crippen molar-refractivity contribution in [3.05, 3.63) is 120 Å². The zero-order valence-electron chi connectivity index (χ0n) is 17.3. The summed E-state index contributed by atoms with van der Waals surface area (Å²) in [6.45, 7) is 0.645. The van der Waals surface area contributed by atoms with E-state index in [2.05, 4.69) is 4.98 Å². The minimum atomic E-state index is -3.50. The molecule has 4 rings (SSSR count). The smallest absolute Gasteiger partial charge is 0.338 e. The maximum absolute atomic E-state index is 12.6. The van der Waals surface area contributed by atoms with Crippen molar-refractivity contribution in [3.63, 3.8) is 0 Å². The van der Waals surface area contributed by atoms with Gasteiger partial charge in [-0.05, 0) is 35.4 Å². The molecule has 0 saturated carbocycles. The fourth-order valence-corrected chi connectivity index (χ4v) is 4.69. The van der Waals surface area contributed by atoms with Gasteiger partial charge in [-0.1, -0.05) is 60.7 Å². The number of carbonyl (C=O) groups excluding carboxylic acids is 1. The monoisotopic (exact) mass is 446 g/mol. The predicted molar refractivity (Wildman–Crippen MR) is 121 cm³/mol. The number of benzene rings is 3. The van der Waals surface area contributed by atoms with E-state index in [9.17, 15) is 13.2 Å². The maximum Gasteiger partial charge on any atom is 0.338 e. The highest BCUT2D eigenvalue weighted by Crippen LogP contribution is 2.18. The Balaban J connectivity index is 1.41. The van der Waals surface area contributed by atoms with E-state index in [1.165, 1.54) is 0 Å². The fraction of sp³-hybridized carbons (Fsp3) is 0.120. The second-order valence-electron chi connectivity index (χ2n) is 7.31. The van der Waals surface area contributed by atoms with E-state index in [1.54, 1.807) is 60.8 Å². The minimum absolute atomic E-state index is 0.0191. The quantitative estimate of drug-likeness (QED) is 0.378. The van der Waals surface area contributed by atoms with Gasteiger partial charge >= 0.3 is 5.97 Å². The average molecular weight is 447 g/mol. The second kappa shape index (κ2) is 9.62. The number of ether oxygens (including phenoxy) is 1. The van der Waals surface area contributed by atoms with E-state index in [-0.39, 0.29) is 17.3 Å². The van der Waals surface area contributed by atoms with Crippen molar-refractivity contribution < 1.29 is 17.9 Å². The van der Waals surface area contributed by atoms with Gasteiger partial charge in [0.2, 0.25) is 0 Å². The number of rotatable bonds is 8. The number of hydrogen-bond donors (Lipinski definition) is 0. The van der Waals surface area contributed by atoms with Crippen LogP contribution in [-0.2, 0) is 33.5 Å². The summed E-state index contributed by atoms with van der Waals surface area (Å²) in [5.74, 6) is -0.0946. The number of sulfone groups is 1. The molecule has 162 valence electrons. The summed E-state index contributed by atoms with van der Waals surface area (Å²) in [6, 6.07) is 24.7. The lowest BCUT2D eigenvalue weighted by Gasteiger charge is -2.10. The van der Waals surface area contributed by atoms with Gasteiger partial charge in [0.25, 0.3) is 0 Å². The maximum atomic E-state index is 12.6. The normalized spacial score (nSPS) is 11.2. The van der Waals surface area contributed by atoms with E-state index in [0.29, 0.717) is 23.5 Å². The number of aromatic nitrogens is 2. The molecule has 32 heavy (non-hydrogen) atoms. The van der Waals surface area contributed by atoms with Crippen molar-refractivity contribution in [2.24, 2.45) is 0 Å². The molecule has 0 amide bonds. The third-order valence-corrected chi connectivity index (χ3v) is 6.66. The van der Waals surface area contributed by atoms with Crippen molar-refractivity contribution in [1.82, 2.24) is 9.55 Å². The van der Waals surface area contributed by atoms with Crippen LogP contribution in [0.4, 0.5) is 0 Å². The summed E-state index contributed by atoms with van der Waals surface area (Å²) in [5.41, 5.74) is 1.94. The number of esters is 1. The molecule has 0 N–H and O–H groups in total. The molecule has 0 radical (unpaired) electrons. The second-order valence-corrected chi connectivity index (χ2v) is 9.30. The van der Waals surface area contributed by atoms with Gasteiger partial charge in [-0.3, -0.25) is 0 Å². The van der Waals surface area contributed by atoms with Crippen LogP contribution in [0.3, 0.4) is 0 Å². The molecule has 0 atom stereocenters. The van der Waals surface area contributed by atoms with Gasteiger partial charge in [-0.2, -0.15) is 0 Å². The first-order valence-electron chi connectivity index (χ1n) is 10.1. The Labute approximate surface area is 187 Å². The Kier molecular flexibility index (Phi) is 6.47. The van der Waals surface area contributed by atoms with Crippen LogP contribution in [0.2, 0.25) is 0 Å². The van der Waals surface area contributed by atoms with Crippen LogP contribution in [-0.4, -0.2) is 23.9 Å². The first-order valence-corrected chi connectivity index (χ1v) is 11.7. The molecule has 7 heteroatoms. The highest BCUT2D eigenvalue weighted by Gasteiger charge is 2.17. The van der Waals surface area contributed by atoms with Crippen LogP contribution < -0.4 is 0 Å². The average Bonchev–Trinajstić information content (AvgIpc) is 3.25. The molecule has 1 aromatic heterocycles. The van der Waals surface area contributed by atoms with Crippen molar-refractivity contribution >= 4 is 15.8 Å². The lowest BCUT2D eigenvalue weighted by Crippen LogP contribution is -2.11. The number of imidazole rings is 1. The molecule has 0 aliphatic heterocycles. The van der Waals surface area contributed by atoms with Crippen molar-refractivity contribution in [1.29, 1.82) is 0 Å². The van der Waals surface area contributed by atoms with E-state index in [0.717, 1.165) is 5.56 Å². The lowest BCUT2D eigenvalue weighted by atomic mass is 10.1. The molecule has 0 aliphatic carbocycles. The van der Waals surface area contributed by atoms with Crippen LogP contribution in [0, 0.1) is 0 Å². The van der Waals surface area contributed by atoms with Crippen molar-refractivity contribution in [2.75, 3.05) is 0 Å². The molecule has 6 nitrogen and oxygen atoms in total. The number of hydrogen-bond acceptors (Lipinski definition) is 5. The molecule has 0 bridgehead atoms. The van der Waals surface area contributed by atoms with Crippen LogP contribution in [0.5, 0.6) is 0 Å². The molecule has 0 spiro atoms. The van der Waals surface area contributed by atoms with E-state index in [4.69, 9.17) is 4.74 Å². The first kappa shape index (κ1) is 21.5. The van der Waals surface area contributed by atoms with Crippen molar-refractivity contribution in [2.45, 2.75) is 23.8 Å². The Morgan fingerprint density at radius 1 is 0.875 bits per heavy atom. The largest absolute Gasteiger partial charge is 0.454 e. The highest BCUT2D eigenvalue weighted by atomic mass is 32.2. The molecule has 0 fully saturated rings. The lowest BCUT2D eigenvalue weighted by molar-refractivity contribution is 0.0458.